The molecule has 2 aliphatic carbocycles. The number of amides is 1. The summed E-state index contributed by atoms with van der Waals surface area (Å²) < 4.78 is 43.8. The molecule has 1 aliphatic heterocycles. The molecule has 1 saturated heterocycles. The Kier molecular flexibility index (Phi) is 4.97. The van der Waals surface area contributed by atoms with E-state index in [1.807, 2.05) is 29.2 Å². The van der Waals surface area contributed by atoms with Gasteiger partial charge >= 0.3 is 6.18 Å². The Morgan fingerprint density at radius 2 is 1.88 bits per heavy atom. The number of nitrogens with zero attached hydrogens (tertiary/aromatic N) is 4. The van der Waals surface area contributed by atoms with Crippen molar-refractivity contribution in [3.05, 3.63) is 52.8 Å². The lowest BCUT2D eigenvalue weighted by Crippen LogP contribution is -2.52. The van der Waals surface area contributed by atoms with Gasteiger partial charge in [0.25, 0.3) is 5.91 Å². The van der Waals surface area contributed by atoms with Gasteiger partial charge in [-0.1, -0.05) is 44.0 Å². The number of alkyl halides is 3. The molecule has 2 fully saturated rings. The van der Waals surface area contributed by atoms with E-state index in [4.69, 9.17) is 0 Å². The third kappa shape index (κ3) is 3.33. The molecule has 5 nitrogen and oxygen atoms in total. The molecule has 0 spiro atoms. The van der Waals surface area contributed by atoms with Crippen molar-refractivity contribution in [3.8, 4) is 11.3 Å². The van der Waals surface area contributed by atoms with Crippen LogP contribution in [-0.4, -0.2) is 38.0 Å². The van der Waals surface area contributed by atoms with Crippen LogP contribution in [0.2, 0.25) is 0 Å². The van der Waals surface area contributed by atoms with Gasteiger partial charge < -0.3 is 4.90 Å². The predicted molar refractivity (Wildman–Crippen MR) is 121 cm³/mol. The molecule has 3 aliphatic rings. The van der Waals surface area contributed by atoms with Gasteiger partial charge in [-0.05, 0) is 49.5 Å². The van der Waals surface area contributed by atoms with Gasteiger partial charge in [0, 0.05) is 29.8 Å². The minimum Gasteiger partial charge on any atom is -0.334 e. The molecular weight excluding hydrogens is 441 g/mol. The number of aromatic nitrogens is 3. The van der Waals surface area contributed by atoms with Crippen molar-refractivity contribution in [1.29, 1.82) is 0 Å². The minimum atomic E-state index is -4.61. The fourth-order valence-corrected chi connectivity index (χ4v) is 6.43. The van der Waals surface area contributed by atoms with Crippen LogP contribution < -0.4 is 0 Å². The second kappa shape index (κ2) is 7.82. The smallest absolute Gasteiger partial charge is 0.334 e. The maximum Gasteiger partial charge on any atom is 0.433 e. The third-order valence-corrected chi connectivity index (χ3v) is 8.10. The number of benzene rings is 1. The Morgan fingerprint density at radius 1 is 1.09 bits per heavy atom. The molecule has 3 heterocycles. The first-order chi connectivity index (χ1) is 16.3. The number of hydrogen-bond acceptors (Lipinski definition) is 3. The molecule has 0 N–H and O–H groups in total. The number of carbonyl (C=O) groups excluding carboxylic acids is 1. The minimum absolute atomic E-state index is 0.0486. The fraction of sp³-hybridized carbons (Fsp3) is 0.500. The quantitative estimate of drug-likeness (QED) is 0.470. The molecule has 178 valence electrons. The molecule has 3 atom stereocenters. The molecule has 0 unspecified atom stereocenters. The maximum absolute atomic E-state index is 14.3. The number of likely N-dealkylation sites (tertiary alicyclic amines) is 1. The van der Waals surface area contributed by atoms with Crippen molar-refractivity contribution in [3.63, 3.8) is 0 Å². The lowest BCUT2D eigenvalue weighted by molar-refractivity contribution is -0.143. The summed E-state index contributed by atoms with van der Waals surface area (Å²) in [5, 5.41) is 4.22. The Labute approximate surface area is 196 Å². The molecule has 1 aromatic carbocycles. The summed E-state index contributed by atoms with van der Waals surface area (Å²) in [6.45, 7) is 2.87. The summed E-state index contributed by atoms with van der Waals surface area (Å²) in [5.41, 5.74) is 1.51. The first-order valence-corrected chi connectivity index (χ1v) is 12.2. The zero-order valence-corrected chi connectivity index (χ0v) is 19.1. The van der Waals surface area contributed by atoms with Gasteiger partial charge in [-0.25, -0.2) is 9.50 Å². The second-order valence-corrected chi connectivity index (χ2v) is 10.0. The van der Waals surface area contributed by atoms with Crippen LogP contribution in [0.4, 0.5) is 13.2 Å². The van der Waals surface area contributed by atoms with Gasteiger partial charge in [0.05, 0.1) is 5.69 Å². The molecule has 2 aromatic heterocycles. The van der Waals surface area contributed by atoms with Crippen molar-refractivity contribution >= 4 is 11.6 Å². The number of carbonyl (C=O) groups is 1. The molecule has 1 amide bonds. The van der Waals surface area contributed by atoms with Crippen LogP contribution in [0.5, 0.6) is 0 Å². The van der Waals surface area contributed by atoms with Crippen LogP contribution >= 0.6 is 0 Å². The van der Waals surface area contributed by atoms with E-state index in [1.54, 1.807) is 0 Å². The first-order valence-electron chi connectivity index (χ1n) is 12.2. The van der Waals surface area contributed by atoms with Crippen LogP contribution in [0.3, 0.4) is 0 Å². The molecule has 8 heteroatoms. The molecule has 0 bridgehead atoms. The van der Waals surface area contributed by atoms with E-state index in [-0.39, 0.29) is 35.3 Å². The van der Waals surface area contributed by atoms with Gasteiger partial charge in [-0.2, -0.15) is 18.3 Å². The summed E-state index contributed by atoms with van der Waals surface area (Å²) in [7, 11) is 0. The number of piperidine rings is 1. The highest BCUT2D eigenvalue weighted by molar-refractivity contribution is 5.94. The topological polar surface area (TPSA) is 50.5 Å². The Balaban J connectivity index is 1.47. The van der Waals surface area contributed by atoms with E-state index < -0.39 is 11.9 Å². The number of fused-ring (bicyclic) bond motifs is 5. The average Bonchev–Trinajstić information content (AvgIpc) is 3.25. The van der Waals surface area contributed by atoms with Crippen molar-refractivity contribution < 1.29 is 18.0 Å². The SMILES string of the molecule is C[C@@H]1CCN(C(=O)c2cc3nc4c(c(C(F)(F)F)n3n2)CCc2ccccc2-4)[C@@H]2CCCC[C@H]12. The number of hydrogen-bond donors (Lipinski definition) is 0. The zero-order chi connectivity index (χ0) is 23.6. The summed E-state index contributed by atoms with van der Waals surface area (Å²) in [4.78, 5) is 20.0. The van der Waals surface area contributed by atoms with Gasteiger partial charge in [0.15, 0.2) is 17.0 Å². The number of halogens is 3. The first kappa shape index (κ1) is 21.6. The maximum atomic E-state index is 14.3. The highest BCUT2D eigenvalue weighted by Gasteiger charge is 2.42. The van der Waals surface area contributed by atoms with Crippen LogP contribution in [0, 0.1) is 11.8 Å². The average molecular weight is 469 g/mol. The van der Waals surface area contributed by atoms with Gasteiger partial charge in [0.2, 0.25) is 0 Å². The molecule has 3 aromatic rings. The number of aryl methyl sites for hydroxylation is 1. The van der Waals surface area contributed by atoms with E-state index in [0.29, 0.717) is 30.5 Å². The largest absolute Gasteiger partial charge is 0.433 e. The van der Waals surface area contributed by atoms with E-state index in [0.717, 1.165) is 41.3 Å². The van der Waals surface area contributed by atoms with Crippen LogP contribution in [0.15, 0.2) is 30.3 Å². The zero-order valence-electron chi connectivity index (χ0n) is 19.1. The summed E-state index contributed by atoms with van der Waals surface area (Å²) in [5.74, 6) is 0.734. The molecular formula is C26H27F3N4O. The lowest BCUT2D eigenvalue weighted by Gasteiger charge is -2.47. The predicted octanol–water partition coefficient (Wildman–Crippen LogP) is 5.55. The summed E-state index contributed by atoms with van der Waals surface area (Å²) in [6, 6.07) is 9.03. The Hall–Kier alpha value is -2.90. The third-order valence-electron chi connectivity index (χ3n) is 8.10. The van der Waals surface area contributed by atoms with Gasteiger partial charge in [-0.15, -0.1) is 0 Å². The summed E-state index contributed by atoms with van der Waals surface area (Å²) in [6.07, 6.45) is 1.36. The van der Waals surface area contributed by atoms with Crippen LogP contribution in [0.25, 0.3) is 16.9 Å². The highest BCUT2D eigenvalue weighted by Crippen LogP contribution is 2.42. The molecule has 34 heavy (non-hydrogen) atoms. The Morgan fingerprint density at radius 3 is 2.71 bits per heavy atom. The van der Waals surface area contributed by atoms with Gasteiger partial charge in [0.1, 0.15) is 0 Å². The van der Waals surface area contributed by atoms with Crippen molar-refractivity contribution in [2.75, 3.05) is 6.54 Å². The van der Waals surface area contributed by atoms with Crippen molar-refractivity contribution in [2.45, 2.75) is 64.1 Å². The van der Waals surface area contributed by atoms with E-state index >= 15 is 0 Å². The standard InChI is InChI=1S/C26H27F3N4O/c1-15-12-13-32(21-9-5-4-7-17(15)21)25(34)20-14-22-30-23-18-8-3-2-6-16(18)10-11-19(23)24(26(27,28)29)33(22)31-20/h2-3,6,8,14-15,17,21H,4-5,7,9-13H2,1H3/t15-,17-,21-/m1/s1. The van der Waals surface area contributed by atoms with Crippen molar-refractivity contribution in [2.24, 2.45) is 11.8 Å². The molecule has 1 saturated carbocycles. The van der Waals surface area contributed by atoms with Crippen LogP contribution in [-0.2, 0) is 19.0 Å². The normalized spacial score (nSPS) is 24.5. The van der Waals surface area contributed by atoms with E-state index in [9.17, 15) is 18.0 Å². The summed E-state index contributed by atoms with van der Waals surface area (Å²) >= 11 is 0. The lowest BCUT2D eigenvalue weighted by atomic mass is 9.72. The monoisotopic (exact) mass is 468 g/mol. The van der Waals surface area contributed by atoms with E-state index in [1.165, 1.54) is 12.5 Å². The molecule has 6 rings (SSSR count). The van der Waals surface area contributed by atoms with E-state index in [2.05, 4.69) is 17.0 Å². The molecule has 0 radical (unpaired) electrons. The second-order valence-electron chi connectivity index (χ2n) is 10.0. The fourth-order valence-electron chi connectivity index (χ4n) is 6.43. The van der Waals surface area contributed by atoms with Gasteiger partial charge in [-0.3, -0.25) is 4.79 Å². The van der Waals surface area contributed by atoms with Crippen LogP contribution in [0.1, 0.15) is 66.3 Å². The Bertz CT molecular complexity index is 1280. The highest BCUT2D eigenvalue weighted by atomic mass is 19.4. The number of rotatable bonds is 1. The van der Waals surface area contributed by atoms with Crippen molar-refractivity contribution in [1.82, 2.24) is 19.5 Å².